The molecule has 1 fully saturated rings. The molecule has 1 heterocycles. The first-order chi connectivity index (χ1) is 7.68. The second kappa shape index (κ2) is 8.77. The highest BCUT2D eigenvalue weighted by Gasteiger charge is 2.18. The Bertz CT molecular complexity index is 371. The quantitative estimate of drug-likeness (QED) is 0.777. The maximum absolute atomic E-state index is 3.56. The van der Waals surface area contributed by atoms with Gasteiger partial charge in [-0.1, -0.05) is 6.07 Å². The van der Waals surface area contributed by atoms with E-state index in [0.29, 0.717) is 6.04 Å². The fourth-order valence-electron chi connectivity index (χ4n) is 2.05. The van der Waals surface area contributed by atoms with Crippen LogP contribution >= 0.6 is 56.7 Å². The van der Waals surface area contributed by atoms with Gasteiger partial charge in [0.05, 0.1) is 0 Å². The lowest BCUT2D eigenvalue weighted by molar-refractivity contribution is 0.185. The molecule has 0 aliphatic carbocycles. The molecule has 18 heavy (non-hydrogen) atoms. The lowest BCUT2D eigenvalue weighted by Crippen LogP contribution is -2.44. The van der Waals surface area contributed by atoms with Gasteiger partial charge < -0.3 is 5.32 Å². The van der Waals surface area contributed by atoms with E-state index in [1.54, 1.807) is 0 Å². The topological polar surface area (TPSA) is 15.3 Å². The molecule has 0 amide bonds. The molecule has 1 N–H and O–H groups in total. The van der Waals surface area contributed by atoms with Crippen LogP contribution in [-0.2, 0) is 0 Å². The summed E-state index contributed by atoms with van der Waals surface area (Å²) in [5, 5.41) is 3.38. The minimum Gasteiger partial charge on any atom is -0.314 e. The molecule has 0 aromatic heterocycles. The summed E-state index contributed by atoms with van der Waals surface area (Å²) in [7, 11) is 0. The molecule has 0 bridgehead atoms. The van der Waals surface area contributed by atoms with Crippen molar-refractivity contribution in [1.29, 1.82) is 0 Å². The molecule has 0 spiro atoms. The highest BCUT2D eigenvalue weighted by Crippen LogP contribution is 2.28. The van der Waals surface area contributed by atoms with Crippen molar-refractivity contribution in [2.75, 3.05) is 26.2 Å². The van der Waals surface area contributed by atoms with E-state index in [9.17, 15) is 0 Å². The van der Waals surface area contributed by atoms with Crippen LogP contribution in [0, 0.1) is 0 Å². The maximum Gasteiger partial charge on any atom is 0.0321 e. The highest BCUT2D eigenvalue weighted by atomic mass is 79.9. The summed E-state index contributed by atoms with van der Waals surface area (Å²) in [5.74, 6) is 0. The predicted molar refractivity (Wildman–Crippen MR) is 89.2 cm³/mol. The van der Waals surface area contributed by atoms with Crippen LogP contribution in [-0.4, -0.2) is 31.1 Å². The average Bonchev–Trinajstić information content (AvgIpc) is 2.33. The first-order valence-electron chi connectivity index (χ1n) is 5.58. The van der Waals surface area contributed by atoms with Crippen LogP contribution in [0.2, 0.25) is 0 Å². The standard InChI is InChI=1S/C12H16Br2N2.2ClH/c1-9(16-6-4-15-5-7-16)10-2-3-11(13)12(14)8-10;;/h2-3,8-9,15H,4-7H2,1H3;2*1H/t9-;;/m0../s1. The van der Waals surface area contributed by atoms with Crippen LogP contribution in [0.15, 0.2) is 27.1 Å². The Balaban J connectivity index is 0.00000144. The lowest BCUT2D eigenvalue weighted by Gasteiger charge is -2.33. The molecule has 1 saturated heterocycles. The Kier molecular flexibility index (Phi) is 9.10. The smallest absolute Gasteiger partial charge is 0.0321 e. The van der Waals surface area contributed by atoms with Crippen LogP contribution in [0.25, 0.3) is 0 Å². The van der Waals surface area contributed by atoms with Crippen LogP contribution in [0.4, 0.5) is 0 Å². The Hall–Kier alpha value is 0.680. The number of piperazine rings is 1. The third-order valence-electron chi connectivity index (χ3n) is 3.13. The van der Waals surface area contributed by atoms with E-state index >= 15 is 0 Å². The van der Waals surface area contributed by atoms with Crippen LogP contribution in [0.1, 0.15) is 18.5 Å². The van der Waals surface area contributed by atoms with Gasteiger partial charge in [-0.3, -0.25) is 4.90 Å². The van der Waals surface area contributed by atoms with Gasteiger partial charge in [0.1, 0.15) is 0 Å². The van der Waals surface area contributed by atoms with Gasteiger partial charge in [0, 0.05) is 41.2 Å². The molecule has 0 radical (unpaired) electrons. The van der Waals surface area contributed by atoms with Crippen molar-refractivity contribution >= 4 is 56.7 Å². The monoisotopic (exact) mass is 418 g/mol. The SMILES string of the molecule is C[C@@H](c1ccc(Br)c(Br)c1)N1CCNCC1.Cl.Cl. The summed E-state index contributed by atoms with van der Waals surface area (Å²) in [6.07, 6.45) is 0. The summed E-state index contributed by atoms with van der Waals surface area (Å²) in [4.78, 5) is 2.52. The first-order valence-corrected chi connectivity index (χ1v) is 7.17. The van der Waals surface area contributed by atoms with Crippen molar-refractivity contribution in [2.45, 2.75) is 13.0 Å². The molecule has 0 unspecified atom stereocenters. The number of hydrogen-bond acceptors (Lipinski definition) is 2. The molecule has 1 aliphatic heterocycles. The summed E-state index contributed by atoms with van der Waals surface area (Å²) >= 11 is 7.06. The van der Waals surface area contributed by atoms with Gasteiger partial charge in [-0.05, 0) is 56.5 Å². The third-order valence-corrected chi connectivity index (χ3v) is 5.01. The molecule has 0 saturated carbocycles. The van der Waals surface area contributed by atoms with Gasteiger partial charge in [0.2, 0.25) is 0 Å². The minimum atomic E-state index is 0. The van der Waals surface area contributed by atoms with E-state index in [4.69, 9.17) is 0 Å². The molecule has 1 atom stereocenters. The van der Waals surface area contributed by atoms with Crippen molar-refractivity contribution < 1.29 is 0 Å². The average molecular weight is 421 g/mol. The van der Waals surface area contributed by atoms with Crippen molar-refractivity contribution in [2.24, 2.45) is 0 Å². The number of hydrogen-bond donors (Lipinski definition) is 1. The van der Waals surface area contributed by atoms with Crippen LogP contribution in [0.3, 0.4) is 0 Å². The van der Waals surface area contributed by atoms with E-state index in [0.717, 1.165) is 35.1 Å². The molecule has 2 nitrogen and oxygen atoms in total. The number of benzene rings is 1. The van der Waals surface area contributed by atoms with Gasteiger partial charge in [0.15, 0.2) is 0 Å². The van der Waals surface area contributed by atoms with E-state index in [1.807, 2.05) is 0 Å². The van der Waals surface area contributed by atoms with E-state index in [2.05, 4.69) is 67.2 Å². The number of halogens is 4. The van der Waals surface area contributed by atoms with Gasteiger partial charge in [0.25, 0.3) is 0 Å². The van der Waals surface area contributed by atoms with Crippen molar-refractivity contribution in [3.8, 4) is 0 Å². The molecule has 6 heteroatoms. The van der Waals surface area contributed by atoms with Gasteiger partial charge in [-0.2, -0.15) is 0 Å². The minimum absolute atomic E-state index is 0. The Morgan fingerprint density at radius 2 is 1.72 bits per heavy atom. The molecular weight excluding hydrogens is 403 g/mol. The van der Waals surface area contributed by atoms with Crippen LogP contribution < -0.4 is 5.32 Å². The van der Waals surface area contributed by atoms with Crippen LogP contribution in [0.5, 0.6) is 0 Å². The molecule has 1 aromatic rings. The molecule has 1 aliphatic rings. The summed E-state index contributed by atoms with van der Waals surface area (Å²) in [6, 6.07) is 7.00. The number of nitrogens with one attached hydrogen (secondary N) is 1. The fourth-order valence-corrected chi connectivity index (χ4v) is 2.70. The zero-order valence-corrected chi connectivity index (χ0v) is 15.0. The number of rotatable bonds is 2. The number of nitrogens with zero attached hydrogens (tertiary/aromatic N) is 1. The summed E-state index contributed by atoms with van der Waals surface area (Å²) < 4.78 is 2.25. The normalized spacial score (nSPS) is 17.5. The molecular formula is C12H18Br2Cl2N2. The van der Waals surface area contributed by atoms with Crippen molar-refractivity contribution in [3.63, 3.8) is 0 Å². The zero-order chi connectivity index (χ0) is 11.5. The molecule has 1 aromatic carbocycles. The molecule has 2 rings (SSSR count). The lowest BCUT2D eigenvalue weighted by atomic mass is 10.1. The first kappa shape index (κ1) is 18.7. The predicted octanol–water partition coefficient (Wildman–Crippen LogP) is 4.02. The highest BCUT2D eigenvalue weighted by molar-refractivity contribution is 9.13. The second-order valence-corrected chi connectivity index (χ2v) is 5.84. The second-order valence-electron chi connectivity index (χ2n) is 4.14. The zero-order valence-electron chi connectivity index (χ0n) is 10.2. The van der Waals surface area contributed by atoms with Gasteiger partial charge in [-0.25, -0.2) is 0 Å². The van der Waals surface area contributed by atoms with Gasteiger partial charge >= 0.3 is 0 Å². The largest absolute Gasteiger partial charge is 0.314 e. The maximum atomic E-state index is 3.56. The Labute approximate surface area is 138 Å². The summed E-state index contributed by atoms with van der Waals surface area (Å²) in [6.45, 7) is 6.74. The van der Waals surface area contributed by atoms with E-state index < -0.39 is 0 Å². The van der Waals surface area contributed by atoms with E-state index in [1.165, 1.54) is 5.56 Å². The summed E-state index contributed by atoms with van der Waals surface area (Å²) in [5.41, 5.74) is 1.37. The Morgan fingerprint density at radius 1 is 1.11 bits per heavy atom. The molecule has 104 valence electrons. The Morgan fingerprint density at radius 3 is 2.28 bits per heavy atom. The van der Waals surface area contributed by atoms with E-state index in [-0.39, 0.29) is 24.8 Å². The van der Waals surface area contributed by atoms with Crippen molar-refractivity contribution in [1.82, 2.24) is 10.2 Å². The fraction of sp³-hybridized carbons (Fsp3) is 0.500. The van der Waals surface area contributed by atoms with Crippen molar-refractivity contribution in [3.05, 3.63) is 32.7 Å². The van der Waals surface area contributed by atoms with Gasteiger partial charge in [-0.15, -0.1) is 24.8 Å². The third kappa shape index (κ3) is 4.66.